The van der Waals surface area contributed by atoms with Crippen molar-refractivity contribution in [2.45, 2.75) is 44.1 Å². The minimum absolute atomic E-state index is 0.0442. The van der Waals surface area contributed by atoms with E-state index in [1.54, 1.807) is 6.92 Å². The smallest absolute Gasteiger partial charge is 0.224 e. The van der Waals surface area contributed by atoms with Crippen LogP contribution in [0.15, 0.2) is 24.3 Å². The highest BCUT2D eigenvalue weighted by Crippen LogP contribution is 2.63. The summed E-state index contributed by atoms with van der Waals surface area (Å²) in [6.45, 7) is 1.61. The van der Waals surface area contributed by atoms with Gasteiger partial charge in [-0.15, -0.1) is 0 Å². The fraction of sp³-hybridized carbons (Fsp3) is 0.500. The summed E-state index contributed by atoms with van der Waals surface area (Å²) in [5, 5.41) is 0. The zero-order valence-electron chi connectivity index (χ0n) is 11.1. The lowest BCUT2D eigenvalue weighted by atomic mass is 9.45. The van der Waals surface area contributed by atoms with Gasteiger partial charge in [0.1, 0.15) is 5.78 Å². The van der Waals surface area contributed by atoms with Crippen LogP contribution >= 0.6 is 0 Å². The van der Waals surface area contributed by atoms with E-state index < -0.39 is 0 Å². The number of anilines is 1. The Balaban J connectivity index is 1.94. The quantitative estimate of drug-likeness (QED) is 0.714. The van der Waals surface area contributed by atoms with E-state index in [9.17, 15) is 9.59 Å². The normalized spacial score (nSPS) is 35.2. The lowest BCUT2D eigenvalue weighted by Gasteiger charge is -2.64. The summed E-state index contributed by atoms with van der Waals surface area (Å²) in [7, 11) is 0. The third-order valence-corrected chi connectivity index (χ3v) is 5.32. The Labute approximate surface area is 112 Å². The first-order valence-corrected chi connectivity index (χ1v) is 7.07. The van der Waals surface area contributed by atoms with Crippen LogP contribution in [0.25, 0.3) is 0 Å². The molecule has 0 unspecified atom stereocenters. The van der Waals surface area contributed by atoms with Crippen molar-refractivity contribution in [1.82, 2.24) is 0 Å². The first-order valence-electron chi connectivity index (χ1n) is 7.07. The predicted molar refractivity (Wildman–Crippen MR) is 72.0 cm³/mol. The minimum Gasteiger partial charge on any atom is -0.309 e. The summed E-state index contributed by atoms with van der Waals surface area (Å²) in [5.74, 6) is 0.479. The maximum absolute atomic E-state index is 12.3. The van der Waals surface area contributed by atoms with Crippen molar-refractivity contribution in [1.29, 1.82) is 0 Å². The highest BCUT2D eigenvalue weighted by Gasteiger charge is 2.65. The van der Waals surface area contributed by atoms with Gasteiger partial charge in [0.2, 0.25) is 5.91 Å². The summed E-state index contributed by atoms with van der Waals surface area (Å²) in [5.41, 5.74) is 2.31. The third-order valence-electron chi connectivity index (χ3n) is 5.32. The molecule has 2 heterocycles. The molecule has 2 fully saturated rings. The van der Waals surface area contributed by atoms with Crippen LogP contribution in [0.3, 0.4) is 0 Å². The molecule has 19 heavy (non-hydrogen) atoms. The van der Waals surface area contributed by atoms with Gasteiger partial charge in [0.05, 0.1) is 0 Å². The summed E-state index contributed by atoms with van der Waals surface area (Å²) >= 11 is 0. The molecule has 5 rings (SSSR count). The third kappa shape index (κ3) is 1.18. The molecule has 1 spiro atoms. The van der Waals surface area contributed by atoms with Gasteiger partial charge >= 0.3 is 0 Å². The Kier molecular flexibility index (Phi) is 2.05. The fourth-order valence-corrected chi connectivity index (χ4v) is 4.68. The van der Waals surface area contributed by atoms with Gasteiger partial charge in [-0.3, -0.25) is 9.59 Å². The van der Waals surface area contributed by atoms with Crippen LogP contribution < -0.4 is 4.90 Å². The van der Waals surface area contributed by atoms with E-state index in [1.165, 1.54) is 5.56 Å². The largest absolute Gasteiger partial charge is 0.309 e. The zero-order valence-corrected chi connectivity index (χ0v) is 11.1. The van der Waals surface area contributed by atoms with Gasteiger partial charge < -0.3 is 4.90 Å². The van der Waals surface area contributed by atoms with E-state index in [4.69, 9.17) is 0 Å². The number of benzene rings is 1. The second-order valence-corrected chi connectivity index (χ2v) is 6.13. The number of hydrogen-bond donors (Lipinski definition) is 0. The van der Waals surface area contributed by atoms with Crippen molar-refractivity contribution in [2.24, 2.45) is 5.92 Å². The van der Waals surface area contributed by atoms with E-state index in [-0.39, 0.29) is 23.3 Å². The predicted octanol–water partition coefficient (Wildman–Crippen LogP) is 2.43. The van der Waals surface area contributed by atoms with Crippen molar-refractivity contribution < 1.29 is 9.59 Å². The number of carbonyl (C=O) groups excluding carboxylic acids is 2. The number of amides is 1. The van der Waals surface area contributed by atoms with Crippen LogP contribution in [0.5, 0.6) is 0 Å². The maximum Gasteiger partial charge on any atom is 0.224 e. The van der Waals surface area contributed by atoms with Gasteiger partial charge in [-0.1, -0.05) is 18.2 Å². The van der Waals surface area contributed by atoms with Crippen LogP contribution in [-0.2, 0) is 15.0 Å². The van der Waals surface area contributed by atoms with Crippen molar-refractivity contribution >= 4 is 17.4 Å². The first kappa shape index (κ1) is 11.2. The van der Waals surface area contributed by atoms with E-state index in [2.05, 4.69) is 6.07 Å². The van der Waals surface area contributed by atoms with Crippen molar-refractivity contribution in [2.75, 3.05) is 4.90 Å². The van der Waals surface area contributed by atoms with E-state index in [1.807, 2.05) is 23.1 Å². The summed E-state index contributed by atoms with van der Waals surface area (Å²) in [6, 6.07) is 8.27. The molecule has 1 aromatic carbocycles. The van der Waals surface area contributed by atoms with Crippen LogP contribution in [0, 0.1) is 5.92 Å². The lowest BCUT2D eigenvalue weighted by molar-refractivity contribution is -0.137. The molecule has 3 heteroatoms. The number of ketones is 1. The average molecular weight is 255 g/mol. The second kappa shape index (κ2) is 3.47. The molecule has 3 nitrogen and oxygen atoms in total. The molecule has 2 saturated carbocycles. The Morgan fingerprint density at radius 2 is 2.16 bits per heavy atom. The fourth-order valence-electron chi connectivity index (χ4n) is 4.68. The van der Waals surface area contributed by atoms with E-state index >= 15 is 0 Å². The van der Waals surface area contributed by atoms with Gasteiger partial charge in [0.15, 0.2) is 0 Å². The number of carbonyl (C=O) groups is 2. The molecular weight excluding hydrogens is 238 g/mol. The molecule has 98 valence electrons. The minimum atomic E-state index is 0.0442. The first-order chi connectivity index (χ1) is 9.15. The molecule has 0 aromatic heterocycles. The number of Topliss-reactive ketones (excluding diaryl/α,β-unsaturated/α-hetero) is 1. The Hall–Kier alpha value is -1.64. The topological polar surface area (TPSA) is 37.4 Å². The molecule has 1 amide bonds. The lowest BCUT2D eigenvalue weighted by Crippen LogP contribution is -2.70. The summed E-state index contributed by atoms with van der Waals surface area (Å²) < 4.78 is 0. The van der Waals surface area contributed by atoms with Gasteiger partial charge in [0.25, 0.3) is 0 Å². The van der Waals surface area contributed by atoms with Crippen LogP contribution in [-0.4, -0.2) is 17.7 Å². The monoisotopic (exact) mass is 255 g/mol. The number of rotatable bonds is 0. The zero-order chi connectivity index (χ0) is 13.2. The standard InChI is InChI=1S/C16H17NO2/c1-10(18)17-12-6-3-2-5-11(12)16-8-4-7-14(19)15(16)13(17)9-16/h2-3,5-6,13,15H,4,7-9H2,1H3/t13-,15-,16-/m1/s1. The number of nitrogens with zero attached hydrogens (tertiary/aromatic N) is 1. The van der Waals surface area contributed by atoms with Crippen LogP contribution in [0.1, 0.15) is 38.2 Å². The van der Waals surface area contributed by atoms with Crippen LogP contribution in [0.2, 0.25) is 0 Å². The SMILES string of the molecule is CC(=O)N1c2ccccc2[C@]23CCCC(=O)[C@H]2[C@H]1C3. The molecule has 0 saturated heterocycles. The highest BCUT2D eigenvalue weighted by molar-refractivity contribution is 5.99. The van der Waals surface area contributed by atoms with Crippen LogP contribution in [0.4, 0.5) is 5.69 Å². The molecule has 0 N–H and O–H groups in total. The Morgan fingerprint density at radius 3 is 2.95 bits per heavy atom. The Bertz CT molecular complexity index is 594. The van der Waals surface area contributed by atoms with Crippen molar-refractivity contribution in [3.05, 3.63) is 29.8 Å². The Morgan fingerprint density at radius 1 is 1.37 bits per heavy atom. The molecule has 1 aromatic rings. The molecule has 2 aliphatic heterocycles. The average Bonchev–Trinajstić information content (AvgIpc) is 2.36. The van der Waals surface area contributed by atoms with Crippen molar-refractivity contribution in [3.8, 4) is 0 Å². The van der Waals surface area contributed by atoms with Gasteiger partial charge in [-0.2, -0.15) is 0 Å². The number of para-hydroxylation sites is 1. The highest BCUT2D eigenvalue weighted by atomic mass is 16.2. The molecule has 2 aliphatic carbocycles. The second-order valence-electron chi connectivity index (χ2n) is 6.13. The van der Waals surface area contributed by atoms with E-state index in [0.717, 1.165) is 24.9 Å². The summed E-state index contributed by atoms with van der Waals surface area (Å²) in [6.07, 6.45) is 3.76. The molecule has 0 radical (unpaired) electrons. The number of hydrogen-bond acceptors (Lipinski definition) is 2. The van der Waals surface area contributed by atoms with E-state index in [0.29, 0.717) is 12.2 Å². The van der Waals surface area contributed by atoms with Crippen molar-refractivity contribution in [3.63, 3.8) is 0 Å². The molecule has 3 atom stereocenters. The van der Waals surface area contributed by atoms with Gasteiger partial charge in [-0.25, -0.2) is 0 Å². The van der Waals surface area contributed by atoms with Gasteiger partial charge in [0, 0.05) is 36.4 Å². The summed E-state index contributed by atoms with van der Waals surface area (Å²) in [4.78, 5) is 26.2. The molecular formula is C16H17NO2. The van der Waals surface area contributed by atoms with Gasteiger partial charge in [-0.05, 0) is 30.9 Å². The molecule has 2 bridgehead atoms. The maximum atomic E-state index is 12.3. The molecule has 4 aliphatic rings.